The maximum Gasteiger partial charge on any atom is 0.338 e. The van der Waals surface area contributed by atoms with Crippen LogP contribution >= 0.6 is 0 Å². The van der Waals surface area contributed by atoms with Crippen molar-refractivity contribution in [3.8, 4) is 5.75 Å². The van der Waals surface area contributed by atoms with E-state index in [2.05, 4.69) is 5.32 Å². The Labute approximate surface area is 431 Å². The molecule has 2 N–H and O–H groups in total. The lowest BCUT2D eigenvalue weighted by Gasteiger charge is -2.48. The number of ether oxygens (including phenoxy) is 10. The lowest BCUT2D eigenvalue weighted by molar-refractivity contribution is -0.347. The van der Waals surface area contributed by atoms with E-state index in [4.69, 9.17) is 47.4 Å². The second kappa shape index (κ2) is 25.6. The number of rotatable bonds is 19. The molecule has 0 aliphatic carbocycles. The predicted octanol–water partition coefficient (Wildman–Crippen LogP) is 6.30. The summed E-state index contributed by atoms with van der Waals surface area (Å²) in [6, 6.07) is 45.0. The van der Waals surface area contributed by atoms with Crippen LogP contribution in [0.15, 0.2) is 176 Å². The predicted molar refractivity (Wildman–Crippen MR) is 264 cm³/mol. The number of aliphatic hydroxyl groups is 1. The number of methoxy groups -OCH3 is 1. The number of hydrogen-bond acceptors (Lipinski definition) is 17. The van der Waals surface area contributed by atoms with Gasteiger partial charge in [0.15, 0.2) is 30.9 Å². The number of aliphatic hydroxyl groups excluding tert-OH is 1. The Hall–Kier alpha value is -8.26. The number of amides is 1. The molecule has 6 aromatic carbocycles. The molecule has 0 aromatic heterocycles. The van der Waals surface area contributed by atoms with Gasteiger partial charge in [-0.3, -0.25) is 4.79 Å². The van der Waals surface area contributed by atoms with Crippen molar-refractivity contribution < 1.29 is 81.2 Å². The van der Waals surface area contributed by atoms with Crippen LogP contribution in [0.4, 0.5) is 0 Å². The monoisotopic (exact) mass is 1020 g/mol. The Balaban J connectivity index is 1.21. The smallest absolute Gasteiger partial charge is 0.338 e. The summed E-state index contributed by atoms with van der Waals surface area (Å²) in [5.41, 5.74) is 1.16. The molecule has 2 aliphatic rings. The number of esters is 5. The molecule has 18 heteroatoms. The van der Waals surface area contributed by atoms with Crippen molar-refractivity contribution in [1.82, 2.24) is 5.32 Å². The van der Waals surface area contributed by atoms with E-state index in [1.807, 2.05) is 0 Å². The van der Waals surface area contributed by atoms with E-state index in [0.717, 1.165) is 0 Å². The minimum atomic E-state index is -1.94. The van der Waals surface area contributed by atoms with Gasteiger partial charge in [0.25, 0.3) is 0 Å². The summed E-state index contributed by atoms with van der Waals surface area (Å²) in [5, 5.41) is 15.2. The van der Waals surface area contributed by atoms with Crippen molar-refractivity contribution in [2.75, 3.05) is 20.3 Å². The number of carbonyl (C=O) groups is 6. The van der Waals surface area contributed by atoms with Gasteiger partial charge in [0, 0.05) is 6.92 Å². The van der Waals surface area contributed by atoms with Crippen LogP contribution < -0.4 is 10.1 Å². The average molecular weight is 1020 g/mol. The van der Waals surface area contributed by atoms with Crippen LogP contribution in [0.3, 0.4) is 0 Å². The number of benzene rings is 6. The standard InChI is InChI=1S/C57H53NO17/c1-35(59)58-45-46(60)47(43(33-67-51(61)37-18-8-3-9-19-37)70-56(45)69-32-36-28-30-42(66-2)31-29-36)75-57-50(74-55(65)41-26-16-7-17-27-41)49(73-54(64)40-24-14-6-15-25-40)48(72-53(63)39-22-12-5-13-23-39)44(71-57)34-68-52(62)38-20-10-4-11-21-38/h3-31,43-50,56-57,60H,32-34H2,1-2H3,(H,58,59)/t43-,44-,45-,46-,47-,48+,49+,50-,56+,57+/m1/s1. The molecule has 1 amide bonds. The van der Waals surface area contributed by atoms with E-state index in [0.29, 0.717) is 11.3 Å². The largest absolute Gasteiger partial charge is 0.497 e. The fourth-order valence-corrected chi connectivity index (χ4v) is 8.26. The zero-order chi connectivity index (χ0) is 52.7. The molecule has 75 heavy (non-hydrogen) atoms. The highest BCUT2D eigenvalue weighted by atomic mass is 16.8. The Morgan fingerprint density at radius 3 is 1.29 bits per heavy atom. The summed E-state index contributed by atoms with van der Waals surface area (Å²) < 4.78 is 61.4. The highest BCUT2D eigenvalue weighted by Gasteiger charge is 2.57. The molecule has 2 aliphatic heterocycles. The number of hydrogen-bond donors (Lipinski definition) is 2. The van der Waals surface area contributed by atoms with Crippen LogP contribution in [0.25, 0.3) is 0 Å². The Morgan fingerprint density at radius 1 is 0.480 bits per heavy atom. The SMILES string of the molecule is COc1ccc(CO[C@H]2O[C@H](COC(=O)c3ccccc3)[C@@H](O[C@@H]3O[C@H](COC(=O)c4ccccc4)[C@H](OC(=O)c4ccccc4)[C@H](OC(=O)c4ccccc4)[C@H]3OC(=O)c3ccccc3)[C@H](O)[C@H]2NC(C)=O)cc1. The van der Waals surface area contributed by atoms with Crippen molar-refractivity contribution in [2.45, 2.75) is 74.9 Å². The van der Waals surface area contributed by atoms with Gasteiger partial charge in [-0.1, -0.05) is 103 Å². The topological polar surface area (TPSA) is 227 Å². The van der Waals surface area contributed by atoms with Crippen molar-refractivity contribution in [1.29, 1.82) is 0 Å². The first kappa shape index (κ1) is 53.0. The van der Waals surface area contributed by atoms with Crippen LogP contribution in [0, 0.1) is 0 Å². The Bertz CT molecular complexity index is 2840. The fraction of sp³-hybridized carbons (Fsp3) is 0.263. The number of carbonyl (C=O) groups excluding carboxylic acids is 6. The molecule has 388 valence electrons. The van der Waals surface area contributed by atoms with Gasteiger partial charge in [-0.2, -0.15) is 0 Å². The molecule has 6 aromatic rings. The maximum atomic E-state index is 14.3. The lowest BCUT2D eigenvalue weighted by atomic mass is 9.95. The molecule has 8 rings (SSSR count). The highest BCUT2D eigenvalue weighted by Crippen LogP contribution is 2.35. The average Bonchev–Trinajstić information content (AvgIpc) is 3.45. The summed E-state index contributed by atoms with van der Waals surface area (Å²) in [6.45, 7) is -0.169. The van der Waals surface area contributed by atoms with E-state index in [1.54, 1.807) is 115 Å². The molecule has 0 bridgehead atoms. The first-order chi connectivity index (χ1) is 36.4. The quantitative estimate of drug-likeness (QED) is 0.0670. The van der Waals surface area contributed by atoms with Gasteiger partial charge in [0.2, 0.25) is 5.91 Å². The minimum absolute atomic E-state index is 0.0374. The van der Waals surface area contributed by atoms with Crippen molar-refractivity contribution >= 4 is 35.8 Å². The molecular weight excluding hydrogens is 971 g/mol. The van der Waals surface area contributed by atoms with E-state index < -0.39 is 110 Å². The zero-order valence-corrected chi connectivity index (χ0v) is 40.6. The van der Waals surface area contributed by atoms with Gasteiger partial charge in [0.05, 0.1) is 41.5 Å². The van der Waals surface area contributed by atoms with Crippen molar-refractivity contribution in [2.24, 2.45) is 0 Å². The third-order valence-corrected chi connectivity index (χ3v) is 12.0. The summed E-state index contributed by atoms with van der Waals surface area (Å²) in [4.78, 5) is 82.6. The van der Waals surface area contributed by atoms with Gasteiger partial charge < -0.3 is 57.8 Å². The molecule has 2 fully saturated rings. The molecule has 2 heterocycles. The molecule has 0 radical (unpaired) electrons. The fourth-order valence-electron chi connectivity index (χ4n) is 8.26. The van der Waals surface area contributed by atoms with Crippen LogP contribution in [0.2, 0.25) is 0 Å². The molecule has 0 saturated carbocycles. The molecule has 2 saturated heterocycles. The summed E-state index contributed by atoms with van der Waals surface area (Å²) in [7, 11) is 1.52. The Kier molecular flexibility index (Phi) is 18.1. The summed E-state index contributed by atoms with van der Waals surface area (Å²) >= 11 is 0. The van der Waals surface area contributed by atoms with Gasteiger partial charge in [0.1, 0.15) is 49.4 Å². The summed E-state index contributed by atoms with van der Waals surface area (Å²) in [5.74, 6) is -4.45. The third-order valence-electron chi connectivity index (χ3n) is 12.0. The van der Waals surface area contributed by atoms with Crippen LogP contribution in [-0.2, 0) is 54.0 Å². The Morgan fingerprint density at radius 2 is 0.867 bits per heavy atom. The van der Waals surface area contributed by atoms with Crippen molar-refractivity contribution in [3.05, 3.63) is 209 Å². The van der Waals surface area contributed by atoms with Crippen LogP contribution in [0.5, 0.6) is 5.75 Å². The first-order valence-electron chi connectivity index (χ1n) is 23.8. The lowest BCUT2D eigenvalue weighted by Crippen LogP contribution is -2.68. The molecule has 0 unspecified atom stereocenters. The minimum Gasteiger partial charge on any atom is -0.497 e. The second-order valence-corrected chi connectivity index (χ2v) is 17.2. The maximum absolute atomic E-state index is 14.3. The van der Waals surface area contributed by atoms with Crippen LogP contribution in [-0.4, -0.2) is 123 Å². The second-order valence-electron chi connectivity index (χ2n) is 17.2. The van der Waals surface area contributed by atoms with E-state index in [9.17, 15) is 33.9 Å². The van der Waals surface area contributed by atoms with Crippen molar-refractivity contribution in [3.63, 3.8) is 0 Å². The normalized spacial score (nSPS) is 23.1. The molecule has 18 nitrogen and oxygen atoms in total. The van der Waals surface area contributed by atoms with Gasteiger partial charge >= 0.3 is 29.8 Å². The molecule has 10 atom stereocenters. The van der Waals surface area contributed by atoms with Crippen LogP contribution in [0.1, 0.15) is 64.3 Å². The van der Waals surface area contributed by atoms with E-state index >= 15 is 0 Å². The van der Waals surface area contributed by atoms with Gasteiger partial charge in [-0.15, -0.1) is 0 Å². The van der Waals surface area contributed by atoms with Gasteiger partial charge in [-0.25, -0.2) is 24.0 Å². The molecule has 0 spiro atoms. The van der Waals surface area contributed by atoms with E-state index in [-0.39, 0.29) is 34.4 Å². The zero-order valence-electron chi connectivity index (χ0n) is 40.6. The highest BCUT2D eigenvalue weighted by molar-refractivity contribution is 5.92. The first-order valence-corrected chi connectivity index (χ1v) is 23.8. The molecular formula is C57H53NO17. The van der Waals surface area contributed by atoms with Gasteiger partial charge in [-0.05, 0) is 78.4 Å². The van der Waals surface area contributed by atoms with E-state index in [1.165, 1.54) is 74.7 Å². The summed E-state index contributed by atoms with van der Waals surface area (Å²) in [6.07, 6.45) is -15.3. The third kappa shape index (κ3) is 13.9. The number of nitrogens with one attached hydrogen (secondary N) is 1.